The first-order valence-corrected chi connectivity index (χ1v) is 16.1. The molecule has 6 atom stereocenters. The molecule has 39 heavy (non-hydrogen) atoms. The summed E-state index contributed by atoms with van der Waals surface area (Å²) in [7, 11) is 0. The molecule has 3 rings (SSSR count). The summed E-state index contributed by atoms with van der Waals surface area (Å²) < 4.78 is 6.16. The van der Waals surface area contributed by atoms with Crippen LogP contribution in [0.15, 0.2) is 30.3 Å². The quantitative estimate of drug-likeness (QED) is 0.217. The largest absolute Gasteiger partial charge is 0.390 e. The van der Waals surface area contributed by atoms with Crippen LogP contribution < -0.4 is 10.6 Å². The smallest absolute Gasteiger partial charge is 0.224 e. The van der Waals surface area contributed by atoms with E-state index in [2.05, 4.69) is 57.4 Å². The molecular formula is C32H54N2O4S. The van der Waals surface area contributed by atoms with Gasteiger partial charge in [-0.25, -0.2) is 0 Å². The molecule has 6 nitrogen and oxygen atoms in total. The van der Waals surface area contributed by atoms with E-state index in [0.29, 0.717) is 31.2 Å². The average molecular weight is 563 g/mol. The first-order valence-electron chi connectivity index (χ1n) is 15.1. The molecule has 222 valence electrons. The Hall–Kier alpha value is -1.12. The minimum Gasteiger partial charge on any atom is -0.390 e. The lowest BCUT2D eigenvalue weighted by atomic mass is 9.82. The van der Waals surface area contributed by atoms with E-state index in [-0.39, 0.29) is 28.8 Å². The van der Waals surface area contributed by atoms with Crippen LogP contribution in [0.2, 0.25) is 0 Å². The number of benzene rings is 1. The lowest BCUT2D eigenvalue weighted by Crippen LogP contribution is -2.50. The Morgan fingerprint density at radius 1 is 1.13 bits per heavy atom. The minimum atomic E-state index is -0.845. The molecule has 0 aromatic heterocycles. The number of amides is 1. The highest BCUT2D eigenvalue weighted by molar-refractivity contribution is 8.00. The molecule has 1 heterocycles. The van der Waals surface area contributed by atoms with Crippen LogP contribution in [0.25, 0.3) is 0 Å². The van der Waals surface area contributed by atoms with Crippen LogP contribution in [0, 0.1) is 17.8 Å². The number of carbonyl (C=O) groups is 1. The molecule has 1 aliphatic carbocycles. The Morgan fingerprint density at radius 3 is 2.41 bits per heavy atom. The van der Waals surface area contributed by atoms with Gasteiger partial charge in [-0.2, -0.15) is 11.8 Å². The summed E-state index contributed by atoms with van der Waals surface area (Å²) in [4.78, 5) is 13.4. The van der Waals surface area contributed by atoms with E-state index in [4.69, 9.17) is 4.74 Å². The van der Waals surface area contributed by atoms with Crippen molar-refractivity contribution in [1.82, 2.24) is 10.6 Å². The number of aliphatic hydroxyl groups is 2. The summed E-state index contributed by atoms with van der Waals surface area (Å²) in [5.41, 5.74) is 0.637. The number of epoxide rings is 1. The van der Waals surface area contributed by atoms with Gasteiger partial charge >= 0.3 is 0 Å². The van der Waals surface area contributed by atoms with Crippen LogP contribution in [0.5, 0.6) is 0 Å². The highest BCUT2D eigenvalue weighted by atomic mass is 32.2. The fraction of sp³-hybridized carbons (Fsp3) is 0.781. The lowest BCUT2D eigenvalue weighted by Gasteiger charge is -2.32. The zero-order chi connectivity index (χ0) is 28.6. The normalized spacial score (nSPS) is 25.2. The van der Waals surface area contributed by atoms with Gasteiger partial charge < -0.3 is 20.3 Å². The molecule has 0 spiro atoms. The third kappa shape index (κ3) is 11.0. The number of hydrogen-bond donors (Lipinski definition) is 4. The monoisotopic (exact) mass is 562 g/mol. The van der Waals surface area contributed by atoms with Crippen LogP contribution in [-0.4, -0.2) is 63.2 Å². The fourth-order valence-electron chi connectivity index (χ4n) is 5.64. The van der Waals surface area contributed by atoms with Crippen molar-refractivity contribution in [2.75, 3.05) is 12.3 Å². The topological polar surface area (TPSA) is 94.1 Å². The molecule has 1 aliphatic heterocycles. The second-order valence-electron chi connectivity index (χ2n) is 13.5. The second-order valence-corrected chi connectivity index (χ2v) is 15.4. The number of rotatable bonds is 15. The standard InChI is InChI=1S/C32H54N2O4S/c1-22(2)17-27(35)28(36)26(19-24-15-11-8-12-16-24)34-30-32(6,38-30)21-33-29(37)25(20-39-31(3,4)5)18-23-13-9-7-10-14-23/h7,9-10,13-14,22,24-28,30,34-36H,8,11-12,15-21H2,1-6H3,(H,33,37)/t25?,26-,27+,28-,30?,32?/m0/s1. The molecule has 4 N–H and O–H groups in total. The van der Waals surface area contributed by atoms with E-state index in [1.165, 1.54) is 37.7 Å². The van der Waals surface area contributed by atoms with E-state index in [1.807, 2.05) is 36.9 Å². The third-order valence-corrected chi connectivity index (χ3v) is 9.54. The molecule has 7 heteroatoms. The van der Waals surface area contributed by atoms with Gasteiger partial charge in [-0.05, 0) is 43.6 Å². The molecule has 0 radical (unpaired) electrons. The first-order chi connectivity index (χ1) is 18.4. The highest BCUT2D eigenvalue weighted by Gasteiger charge is 2.54. The first kappa shape index (κ1) is 32.4. The fourth-order valence-corrected chi connectivity index (χ4v) is 6.61. The number of ether oxygens (including phenoxy) is 1. The SMILES string of the molecule is CC(C)C[C@@H](O)[C@@H](O)[C@H](CC1CCCCC1)NC1OC1(C)CNC(=O)C(CSC(C)(C)C)Cc1ccccc1. The Kier molecular flexibility index (Phi) is 12.2. The number of nitrogens with one attached hydrogen (secondary N) is 2. The van der Waals surface area contributed by atoms with Crippen molar-refractivity contribution in [3.8, 4) is 0 Å². The van der Waals surface area contributed by atoms with E-state index >= 15 is 0 Å². The summed E-state index contributed by atoms with van der Waals surface area (Å²) in [6, 6.07) is 9.97. The van der Waals surface area contributed by atoms with Crippen molar-refractivity contribution in [3.05, 3.63) is 35.9 Å². The molecule has 2 fully saturated rings. The van der Waals surface area contributed by atoms with E-state index < -0.39 is 17.8 Å². The number of hydrogen-bond acceptors (Lipinski definition) is 6. The minimum absolute atomic E-state index is 0.0530. The van der Waals surface area contributed by atoms with E-state index in [9.17, 15) is 15.0 Å². The van der Waals surface area contributed by atoms with Crippen molar-refractivity contribution in [2.45, 2.75) is 128 Å². The average Bonchev–Trinajstić information content (AvgIpc) is 3.53. The molecule has 2 aliphatic rings. The molecule has 1 aromatic carbocycles. The molecule has 1 saturated carbocycles. The van der Waals surface area contributed by atoms with E-state index in [1.54, 1.807) is 0 Å². The van der Waals surface area contributed by atoms with Gasteiger partial charge in [0.25, 0.3) is 0 Å². The van der Waals surface area contributed by atoms with Crippen LogP contribution in [0.1, 0.15) is 92.1 Å². The zero-order valence-corrected chi connectivity index (χ0v) is 25.9. The zero-order valence-electron chi connectivity index (χ0n) is 25.1. The number of carbonyl (C=O) groups excluding carboxylic acids is 1. The molecule has 1 aromatic rings. The van der Waals surface area contributed by atoms with Crippen LogP contribution in [0.3, 0.4) is 0 Å². The van der Waals surface area contributed by atoms with E-state index in [0.717, 1.165) is 12.2 Å². The summed E-state index contributed by atoms with van der Waals surface area (Å²) in [6.07, 6.45) is 6.36. The summed E-state index contributed by atoms with van der Waals surface area (Å²) in [5, 5.41) is 28.6. The number of thioether (sulfide) groups is 1. The summed E-state index contributed by atoms with van der Waals surface area (Å²) >= 11 is 1.82. The maximum atomic E-state index is 13.4. The lowest BCUT2D eigenvalue weighted by molar-refractivity contribution is -0.124. The van der Waals surface area contributed by atoms with Crippen molar-refractivity contribution in [3.63, 3.8) is 0 Å². The van der Waals surface area contributed by atoms with Gasteiger partial charge in [0.15, 0.2) is 0 Å². The molecule has 1 amide bonds. The predicted octanol–water partition coefficient (Wildman–Crippen LogP) is 5.30. The van der Waals surface area contributed by atoms with Crippen LogP contribution in [0.4, 0.5) is 0 Å². The molecule has 3 unspecified atom stereocenters. The molecular weight excluding hydrogens is 508 g/mol. The second kappa shape index (κ2) is 14.7. The Balaban J connectivity index is 1.58. The van der Waals surface area contributed by atoms with Crippen molar-refractivity contribution in [2.24, 2.45) is 17.8 Å². The van der Waals surface area contributed by atoms with Gasteiger partial charge in [-0.15, -0.1) is 0 Å². The summed E-state index contributed by atoms with van der Waals surface area (Å²) in [5.74, 6) is 1.55. The van der Waals surface area contributed by atoms with Gasteiger partial charge in [-0.1, -0.05) is 97.1 Å². The number of aliphatic hydroxyl groups excluding tert-OH is 2. The van der Waals surface area contributed by atoms with Gasteiger partial charge in [0, 0.05) is 16.5 Å². The van der Waals surface area contributed by atoms with Gasteiger partial charge in [0.2, 0.25) is 5.91 Å². The molecule has 1 saturated heterocycles. The van der Waals surface area contributed by atoms with Gasteiger partial charge in [0.1, 0.15) is 11.8 Å². The predicted molar refractivity (Wildman–Crippen MR) is 162 cm³/mol. The third-order valence-electron chi connectivity index (χ3n) is 8.11. The van der Waals surface area contributed by atoms with Gasteiger partial charge in [-0.3, -0.25) is 10.1 Å². The Labute approximate surface area is 241 Å². The maximum absolute atomic E-state index is 13.4. The van der Waals surface area contributed by atoms with Crippen molar-refractivity contribution in [1.29, 1.82) is 0 Å². The highest BCUT2D eigenvalue weighted by Crippen LogP contribution is 2.36. The van der Waals surface area contributed by atoms with Crippen molar-refractivity contribution < 1.29 is 19.7 Å². The molecule has 0 bridgehead atoms. The summed E-state index contributed by atoms with van der Waals surface area (Å²) in [6.45, 7) is 13.1. The van der Waals surface area contributed by atoms with Gasteiger partial charge in [0.05, 0.1) is 24.7 Å². The van der Waals surface area contributed by atoms with Crippen LogP contribution >= 0.6 is 11.8 Å². The van der Waals surface area contributed by atoms with Crippen molar-refractivity contribution >= 4 is 17.7 Å². The van der Waals surface area contributed by atoms with Crippen LogP contribution in [-0.2, 0) is 16.0 Å². The maximum Gasteiger partial charge on any atom is 0.224 e. The Morgan fingerprint density at radius 2 is 1.79 bits per heavy atom. The Bertz CT molecular complexity index is 871.